The molecule has 190 valence electrons. The highest BCUT2D eigenvalue weighted by molar-refractivity contribution is 5.97. The molecule has 0 saturated heterocycles. The molecular formula is C30H33N5O2. The molecule has 1 heterocycles. The fourth-order valence-electron chi connectivity index (χ4n) is 3.99. The molecule has 3 amide bonds. The number of urea groups is 1. The number of carbonyl (C=O) groups is 2. The van der Waals surface area contributed by atoms with Crippen LogP contribution in [-0.4, -0.2) is 39.7 Å². The van der Waals surface area contributed by atoms with Crippen molar-refractivity contribution < 1.29 is 9.59 Å². The molecule has 0 fully saturated rings. The average Bonchev–Trinajstić information content (AvgIpc) is 3.31. The molecule has 0 spiro atoms. The van der Waals surface area contributed by atoms with Gasteiger partial charge in [0.25, 0.3) is 0 Å². The first-order valence-electron chi connectivity index (χ1n) is 12.6. The third kappa shape index (κ3) is 6.85. The number of hydrogen-bond donors (Lipinski definition) is 2. The first-order chi connectivity index (χ1) is 17.9. The van der Waals surface area contributed by atoms with Crippen molar-refractivity contribution in [1.29, 1.82) is 0 Å². The van der Waals surface area contributed by atoms with Gasteiger partial charge < -0.3 is 15.5 Å². The Hall–Kier alpha value is -4.39. The van der Waals surface area contributed by atoms with Crippen molar-refractivity contribution in [3.63, 3.8) is 0 Å². The van der Waals surface area contributed by atoms with Crippen LogP contribution in [0.5, 0.6) is 0 Å². The molecule has 0 aliphatic heterocycles. The Bertz CT molecular complexity index is 1350. The van der Waals surface area contributed by atoms with Gasteiger partial charge in [0.2, 0.25) is 5.91 Å². The fourth-order valence-corrected chi connectivity index (χ4v) is 3.99. The SMILES string of the molecule is CCCCN(CC(=O)Nc1cc(-c2ccccc2)nn1-c1ccc(C)cc1)C(=O)Nc1cccc(C)c1. The maximum Gasteiger partial charge on any atom is 0.322 e. The Balaban J connectivity index is 1.55. The molecule has 1 aromatic heterocycles. The van der Waals surface area contributed by atoms with E-state index < -0.39 is 0 Å². The number of aromatic nitrogens is 2. The molecule has 0 bridgehead atoms. The molecule has 0 aliphatic rings. The number of aryl methyl sites for hydroxylation is 2. The van der Waals surface area contributed by atoms with E-state index in [9.17, 15) is 9.59 Å². The lowest BCUT2D eigenvalue weighted by molar-refractivity contribution is -0.116. The van der Waals surface area contributed by atoms with Gasteiger partial charge in [0, 0.05) is 23.9 Å². The fraction of sp³-hybridized carbons (Fsp3) is 0.233. The van der Waals surface area contributed by atoms with Gasteiger partial charge in [-0.2, -0.15) is 5.10 Å². The van der Waals surface area contributed by atoms with Crippen LogP contribution in [0.15, 0.2) is 84.9 Å². The summed E-state index contributed by atoms with van der Waals surface area (Å²) in [7, 11) is 0. The highest BCUT2D eigenvalue weighted by Gasteiger charge is 2.19. The predicted octanol–water partition coefficient (Wildman–Crippen LogP) is 6.43. The number of carbonyl (C=O) groups excluding carboxylic acids is 2. The summed E-state index contributed by atoms with van der Waals surface area (Å²) >= 11 is 0. The minimum Gasteiger partial charge on any atom is -0.315 e. The molecule has 0 unspecified atom stereocenters. The highest BCUT2D eigenvalue weighted by Crippen LogP contribution is 2.25. The molecule has 0 atom stereocenters. The van der Waals surface area contributed by atoms with Gasteiger partial charge in [0.1, 0.15) is 12.4 Å². The largest absolute Gasteiger partial charge is 0.322 e. The minimum absolute atomic E-state index is 0.0720. The van der Waals surface area contributed by atoms with Crippen LogP contribution in [0.4, 0.5) is 16.3 Å². The maximum atomic E-state index is 13.2. The third-order valence-electron chi connectivity index (χ3n) is 6.00. The summed E-state index contributed by atoms with van der Waals surface area (Å²) in [5.74, 6) is 0.255. The van der Waals surface area contributed by atoms with E-state index >= 15 is 0 Å². The predicted molar refractivity (Wildman–Crippen MR) is 149 cm³/mol. The zero-order valence-corrected chi connectivity index (χ0v) is 21.6. The van der Waals surface area contributed by atoms with Gasteiger partial charge in [-0.3, -0.25) is 4.79 Å². The van der Waals surface area contributed by atoms with E-state index in [-0.39, 0.29) is 18.5 Å². The van der Waals surface area contributed by atoms with Gasteiger partial charge in [0.05, 0.1) is 11.4 Å². The Morgan fingerprint density at radius 1 is 0.865 bits per heavy atom. The van der Waals surface area contributed by atoms with E-state index in [2.05, 4.69) is 17.6 Å². The van der Waals surface area contributed by atoms with Crippen molar-refractivity contribution in [3.8, 4) is 16.9 Å². The van der Waals surface area contributed by atoms with Gasteiger partial charge in [-0.05, 0) is 50.1 Å². The molecule has 7 nitrogen and oxygen atoms in total. The number of nitrogens with one attached hydrogen (secondary N) is 2. The normalized spacial score (nSPS) is 10.7. The number of nitrogens with zero attached hydrogens (tertiary/aromatic N) is 3. The molecule has 4 aromatic rings. The quantitative estimate of drug-likeness (QED) is 0.281. The summed E-state index contributed by atoms with van der Waals surface area (Å²) in [5.41, 5.74) is 5.42. The summed E-state index contributed by atoms with van der Waals surface area (Å²) in [4.78, 5) is 27.8. The van der Waals surface area contributed by atoms with E-state index in [0.717, 1.165) is 40.9 Å². The van der Waals surface area contributed by atoms with Crippen molar-refractivity contribution in [2.75, 3.05) is 23.7 Å². The second-order valence-corrected chi connectivity index (χ2v) is 9.15. The molecule has 4 rings (SSSR count). The summed E-state index contributed by atoms with van der Waals surface area (Å²) < 4.78 is 1.73. The van der Waals surface area contributed by atoms with Gasteiger partial charge in [0.15, 0.2) is 0 Å². The monoisotopic (exact) mass is 495 g/mol. The molecule has 3 aromatic carbocycles. The second kappa shape index (κ2) is 12.0. The Labute approximate surface area is 218 Å². The topological polar surface area (TPSA) is 79.3 Å². The second-order valence-electron chi connectivity index (χ2n) is 9.15. The average molecular weight is 496 g/mol. The lowest BCUT2D eigenvalue weighted by Crippen LogP contribution is -2.41. The summed E-state index contributed by atoms with van der Waals surface area (Å²) in [5, 5.41) is 10.7. The smallest absolute Gasteiger partial charge is 0.315 e. The Kier molecular flexibility index (Phi) is 8.36. The molecule has 2 N–H and O–H groups in total. The van der Waals surface area contributed by atoms with E-state index in [0.29, 0.717) is 18.1 Å². The van der Waals surface area contributed by atoms with Crippen LogP contribution < -0.4 is 10.6 Å². The van der Waals surface area contributed by atoms with Crippen molar-refractivity contribution in [2.24, 2.45) is 0 Å². The molecule has 37 heavy (non-hydrogen) atoms. The van der Waals surface area contributed by atoms with Crippen LogP contribution >= 0.6 is 0 Å². The van der Waals surface area contributed by atoms with Gasteiger partial charge in [-0.1, -0.05) is 73.5 Å². The van der Waals surface area contributed by atoms with Crippen LogP contribution in [0.1, 0.15) is 30.9 Å². The zero-order valence-electron chi connectivity index (χ0n) is 21.6. The first kappa shape index (κ1) is 25.7. The summed E-state index contributed by atoms with van der Waals surface area (Å²) in [6.07, 6.45) is 1.71. The van der Waals surface area contributed by atoms with Crippen LogP contribution in [-0.2, 0) is 4.79 Å². The van der Waals surface area contributed by atoms with E-state index in [4.69, 9.17) is 5.10 Å². The lowest BCUT2D eigenvalue weighted by atomic mass is 10.1. The number of hydrogen-bond acceptors (Lipinski definition) is 3. The highest BCUT2D eigenvalue weighted by atomic mass is 16.2. The number of anilines is 2. The number of unbranched alkanes of at least 4 members (excludes halogenated alkanes) is 1. The minimum atomic E-state index is -0.300. The molecular weight excluding hydrogens is 462 g/mol. The molecule has 0 aliphatic carbocycles. The van der Waals surface area contributed by atoms with E-state index in [1.54, 1.807) is 9.58 Å². The van der Waals surface area contributed by atoms with Crippen molar-refractivity contribution in [2.45, 2.75) is 33.6 Å². The van der Waals surface area contributed by atoms with Crippen LogP contribution in [0.25, 0.3) is 16.9 Å². The molecule has 0 saturated carbocycles. The van der Waals surface area contributed by atoms with E-state index in [1.165, 1.54) is 0 Å². The van der Waals surface area contributed by atoms with Crippen LogP contribution in [0.3, 0.4) is 0 Å². The first-order valence-corrected chi connectivity index (χ1v) is 12.6. The van der Waals surface area contributed by atoms with Gasteiger partial charge in [-0.25, -0.2) is 9.48 Å². The van der Waals surface area contributed by atoms with Crippen molar-refractivity contribution >= 4 is 23.4 Å². The Morgan fingerprint density at radius 3 is 2.32 bits per heavy atom. The number of rotatable bonds is 9. The number of benzene rings is 3. The van der Waals surface area contributed by atoms with Crippen LogP contribution in [0, 0.1) is 13.8 Å². The number of amides is 3. The van der Waals surface area contributed by atoms with E-state index in [1.807, 2.05) is 98.8 Å². The Morgan fingerprint density at radius 2 is 1.62 bits per heavy atom. The molecule has 7 heteroatoms. The lowest BCUT2D eigenvalue weighted by Gasteiger charge is -2.22. The summed E-state index contributed by atoms with van der Waals surface area (Å²) in [6.45, 7) is 6.46. The molecule has 0 radical (unpaired) electrons. The van der Waals surface area contributed by atoms with Crippen molar-refractivity contribution in [1.82, 2.24) is 14.7 Å². The summed E-state index contributed by atoms with van der Waals surface area (Å²) in [6, 6.07) is 26.9. The van der Waals surface area contributed by atoms with Crippen molar-refractivity contribution in [3.05, 3.63) is 96.1 Å². The van der Waals surface area contributed by atoms with Gasteiger partial charge in [-0.15, -0.1) is 0 Å². The van der Waals surface area contributed by atoms with Gasteiger partial charge >= 0.3 is 6.03 Å². The zero-order chi connectivity index (χ0) is 26.2. The standard InChI is InChI=1S/C30H33N5O2/c1-4-5-18-34(30(37)31-25-13-9-10-23(3)19-25)21-29(36)32-28-20-27(24-11-7-6-8-12-24)33-35(28)26-16-14-22(2)15-17-26/h6-17,19-20H,4-5,18,21H2,1-3H3,(H,31,37)(H,32,36). The third-order valence-corrected chi connectivity index (χ3v) is 6.00. The maximum absolute atomic E-state index is 13.2. The van der Waals surface area contributed by atoms with Crippen LogP contribution in [0.2, 0.25) is 0 Å².